The molecule has 3 aromatic heterocycles. The second-order valence-corrected chi connectivity index (χ2v) is 5.88. The number of imidazole rings is 1. The zero-order valence-electron chi connectivity index (χ0n) is 13.5. The van der Waals surface area contributed by atoms with Crippen LogP contribution in [0.15, 0.2) is 54.1 Å². The molecule has 1 aliphatic rings. The van der Waals surface area contributed by atoms with Crippen LogP contribution < -0.4 is 0 Å². The van der Waals surface area contributed by atoms with Gasteiger partial charge in [0, 0.05) is 25.1 Å². The van der Waals surface area contributed by atoms with Gasteiger partial charge in [0.05, 0.1) is 37.8 Å². The van der Waals surface area contributed by atoms with Crippen molar-refractivity contribution in [3.63, 3.8) is 0 Å². The van der Waals surface area contributed by atoms with E-state index >= 15 is 0 Å². The van der Waals surface area contributed by atoms with Gasteiger partial charge >= 0.3 is 0 Å². The number of carbonyl (C=O) groups is 1. The van der Waals surface area contributed by atoms with E-state index in [0.29, 0.717) is 32.0 Å². The number of aromatic nitrogens is 4. The van der Waals surface area contributed by atoms with Gasteiger partial charge in [-0.15, -0.1) is 0 Å². The third-order valence-corrected chi connectivity index (χ3v) is 4.19. The van der Waals surface area contributed by atoms with Crippen LogP contribution in [0.5, 0.6) is 0 Å². The maximum Gasteiger partial charge on any atom is 0.276 e. The lowest BCUT2D eigenvalue weighted by molar-refractivity contribution is 0.0477. The monoisotopic (exact) mass is 339 g/mol. The Hall–Kier alpha value is -3.00. The molecular formula is C17H17N5O3. The molecule has 0 aliphatic carbocycles. The summed E-state index contributed by atoms with van der Waals surface area (Å²) in [6.07, 6.45) is 9.67. The van der Waals surface area contributed by atoms with Gasteiger partial charge in [0.2, 0.25) is 0 Å². The van der Waals surface area contributed by atoms with Gasteiger partial charge in [-0.25, -0.2) is 9.97 Å². The van der Waals surface area contributed by atoms with Crippen molar-refractivity contribution in [3.05, 3.63) is 66.7 Å². The molecule has 0 radical (unpaired) electrons. The molecule has 1 amide bonds. The lowest BCUT2D eigenvalue weighted by Gasteiger charge is -2.34. The molecule has 4 rings (SSSR count). The second-order valence-electron chi connectivity index (χ2n) is 5.88. The summed E-state index contributed by atoms with van der Waals surface area (Å²) in [6.45, 7) is 2.01. The summed E-state index contributed by atoms with van der Waals surface area (Å²) in [5.41, 5.74) is 2.34. The largest absolute Gasteiger partial charge is 0.451 e. The summed E-state index contributed by atoms with van der Waals surface area (Å²) in [6, 6.07) is 3.84. The predicted octanol–water partition coefficient (Wildman–Crippen LogP) is 1.68. The van der Waals surface area contributed by atoms with Crippen molar-refractivity contribution in [1.29, 1.82) is 0 Å². The molecule has 128 valence electrons. The van der Waals surface area contributed by atoms with Crippen LogP contribution >= 0.6 is 0 Å². The second kappa shape index (κ2) is 6.86. The van der Waals surface area contributed by atoms with E-state index in [1.165, 1.54) is 12.7 Å². The standard InChI is InChI=1S/C17H17N5O3/c23-17(16-10-25-12-20-16)21-6-14-5-19-11-22(14)15(7-21)9-24-8-13-1-3-18-4-2-13/h1-5,10-12,15H,6-9H2. The van der Waals surface area contributed by atoms with Crippen LogP contribution in [-0.4, -0.2) is 43.5 Å². The third kappa shape index (κ3) is 3.29. The van der Waals surface area contributed by atoms with Gasteiger partial charge in [-0.2, -0.15) is 0 Å². The van der Waals surface area contributed by atoms with E-state index in [4.69, 9.17) is 9.15 Å². The van der Waals surface area contributed by atoms with Crippen LogP contribution in [0.4, 0.5) is 0 Å². The number of amides is 1. The Kier molecular flexibility index (Phi) is 4.26. The summed E-state index contributed by atoms with van der Waals surface area (Å²) >= 11 is 0. The van der Waals surface area contributed by atoms with Gasteiger partial charge in [0.25, 0.3) is 5.91 Å². The molecule has 0 N–H and O–H groups in total. The Morgan fingerprint density at radius 2 is 2.20 bits per heavy atom. The van der Waals surface area contributed by atoms with Crippen molar-refractivity contribution in [3.8, 4) is 0 Å². The molecule has 0 fully saturated rings. The Balaban J connectivity index is 1.44. The summed E-state index contributed by atoms with van der Waals surface area (Å²) in [7, 11) is 0. The van der Waals surface area contributed by atoms with Crippen LogP contribution in [0.2, 0.25) is 0 Å². The SMILES string of the molecule is O=C(c1cocn1)N1Cc2cncn2C(COCc2ccncc2)C1. The molecule has 8 heteroatoms. The molecule has 1 aliphatic heterocycles. The van der Waals surface area contributed by atoms with Crippen LogP contribution in [0.25, 0.3) is 0 Å². The number of hydrogen-bond donors (Lipinski definition) is 0. The molecule has 3 aromatic rings. The fourth-order valence-electron chi connectivity index (χ4n) is 2.95. The topological polar surface area (TPSA) is 86.3 Å². The average molecular weight is 339 g/mol. The maximum absolute atomic E-state index is 12.6. The Labute approximate surface area is 144 Å². The highest BCUT2D eigenvalue weighted by Crippen LogP contribution is 2.23. The van der Waals surface area contributed by atoms with Crippen LogP contribution in [0, 0.1) is 0 Å². The normalized spacial score (nSPS) is 16.6. The molecule has 4 heterocycles. The first kappa shape index (κ1) is 15.5. The van der Waals surface area contributed by atoms with Crippen LogP contribution in [0.1, 0.15) is 27.8 Å². The van der Waals surface area contributed by atoms with E-state index in [-0.39, 0.29) is 11.9 Å². The summed E-state index contributed by atoms with van der Waals surface area (Å²) < 4.78 is 12.8. The van der Waals surface area contributed by atoms with Gasteiger partial charge in [0.15, 0.2) is 12.1 Å². The Morgan fingerprint density at radius 1 is 1.32 bits per heavy atom. The first-order valence-corrected chi connectivity index (χ1v) is 7.96. The van der Waals surface area contributed by atoms with Crippen molar-refractivity contribution in [1.82, 2.24) is 24.4 Å². The number of nitrogens with zero attached hydrogens (tertiary/aromatic N) is 5. The first-order valence-electron chi connectivity index (χ1n) is 7.96. The van der Waals surface area contributed by atoms with Gasteiger partial charge < -0.3 is 18.6 Å². The number of ether oxygens (including phenoxy) is 1. The quantitative estimate of drug-likeness (QED) is 0.703. The molecule has 0 aromatic carbocycles. The minimum atomic E-state index is -0.152. The summed E-state index contributed by atoms with van der Waals surface area (Å²) in [4.78, 5) is 26.4. The van der Waals surface area contributed by atoms with Crippen molar-refractivity contribution in [2.24, 2.45) is 0 Å². The fourth-order valence-corrected chi connectivity index (χ4v) is 2.95. The third-order valence-electron chi connectivity index (χ3n) is 4.19. The van der Waals surface area contributed by atoms with Gasteiger partial charge in [0.1, 0.15) is 6.26 Å². The highest BCUT2D eigenvalue weighted by molar-refractivity contribution is 5.91. The lowest BCUT2D eigenvalue weighted by Crippen LogP contribution is -2.42. The number of oxazole rings is 1. The van der Waals surface area contributed by atoms with Crippen LogP contribution in [-0.2, 0) is 17.9 Å². The van der Waals surface area contributed by atoms with Gasteiger partial charge in [-0.05, 0) is 17.7 Å². The van der Waals surface area contributed by atoms with E-state index in [0.717, 1.165) is 11.3 Å². The number of carbonyl (C=O) groups excluding carboxylic acids is 1. The lowest BCUT2D eigenvalue weighted by atomic mass is 10.2. The van der Waals surface area contributed by atoms with E-state index in [9.17, 15) is 4.79 Å². The van der Waals surface area contributed by atoms with Gasteiger partial charge in [-0.3, -0.25) is 9.78 Å². The highest BCUT2D eigenvalue weighted by Gasteiger charge is 2.29. The van der Waals surface area contributed by atoms with Crippen molar-refractivity contribution < 1.29 is 13.9 Å². The molecule has 1 atom stereocenters. The molecule has 0 saturated carbocycles. The maximum atomic E-state index is 12.6. The van der Waals surface area contributed by atoms with Crippen LogP contribution in [0.3, 0.4) is 0 Å². The Morgan fingerprint density at radius 3 is 3.00 bits per heavy atom. The molecule has 0 bridgehead atoms. The number of hydrogen-bond acceptors (Lipinski definition) is 6. The molecule has 1 unspecified atom stereocenters. The fraction of sp³-hybridized carbons (Fsp3) is 0.294. The van der Waals surface area contributed by atoms with Crippen molar-refractivity contribution in [2.45, 2.75) is 19.2 Å². The summed E-state index contributed by atoms with van der Waals surface area (Å²) in [5.74, 6) is -0.152. The van der Waals surface area contributed by atoms with Gasteiger partial charge in [-0.1, -0.05) is 0 Å². The molecule has 0 spiro atoms. The highest BCUT2D eigenvalue weighted by atomic mass is 16.5. The molecule has 0 saturated heterocycles. The van der Waals surface area contributed by atoms with Crippen molar-refractivity contribution in [2.75, 3.05) is 13.2 Å². The average Bonchev–Trinajstić information content (AvgIpc) is 3.33. The van der Waals surface area contributed by atoms with E-state index in [1.807, 2.05) is 12.1 Å². The Bertz CT molecular complexity index is 831. The molecule has 25 heavy (non-hydrogen) atoms. The van der Waals surface area contributed by atoms with E-state index < -0.39 is 0 Å². The predicted molar refractivity (Wildman–Crippen MR) is 86.4 cm³/mol. The number of rotatable bonds is 5. The zero-order chi connectivity index (χ0) is 17.1. The number of fused-ring (bicyclic) bond motifs is 1. The summed E-state index contributed by atoms with van der Waals surface area (Å²) in [5, 5.41) is 0. The van der Waals surface area contributed by atoms with Crippen molar-refractivity contribution >= 4 is 5.91 Å². The minimum Gasteiger partial charge on any atom is -0.451 e. The minimum absolute atomic E-state index is 0.00365. The van der Waals surface area contributed by atoms with E-state index in [1.54, 1.807) is 29.8 Å². The molecular weight excluding hydrogens is 322 g/mol. The first-order chi connectivity index (χ1) is 12.3. The van der Waals surface area contributed by atoms with E-state index in [2.05, 4.69) is 19.5 Å². The number of pyridine rings is 1. The molecule has 8 nitrogen and oxygen atoms in total. The smallest absolute Gasteiger partial charge is 0.276 e. The zero-order valence-corrected chi connectivity index (χ0v) is 13.5.